The lowest BCUT2D eigenvalue weighted by atomic mass is 9.93. The third kappa shape index (κ3) is 2.59. The first-order valence-corrected chi connectivity index (χ1v) is 6.98. The van der Waals surface area contributed by atoms with Gasteiger partial charge in [0.2, 0.25) is 0 Å². The van der Waals surface area contributed by atoms with Crippen LogP contribution in [0.25, 0.3) is 6.08 Å². The lowest BCUT2D eigenvalue weighted by molar-refractivity contribution is -0.131. The molecular weight excluding hydrogens is 252 g/mol. The van der Waals surface area contributed by atoms with Crippen LogP contribution >= 0.6 is 0 Å². The van der Waals surface area contributed by atoms with E-state index in [2.05, 4.69) is 5.32 Å². The molecule has 1 heterocycles. The molecule has 1 saturated heterocycles. The zero-order valence-electron chi connectivity index (χ0n) is 11.9. The summed E-state index contributed by atoms with van der Waals surface area (Å²) < 4.78 is 0. The van der Waals surface area contributed by atoms with Crippen LogP contribution in [0.2, 0.25) is 0 Å². The second-order valence-electron chi connectivity index (χ2n) is 4.95. The molecule has 2 rings (SSSR count). The predicted octanol–water partition coefficient (Wildman–Crippen LogP) is 2.81. The molecule has 1 N–H and O–H groups in total. The maximum atomic E-state index is 12.4. The number of nitrogens with zero attached hydrogens (tertiary/aromatic N) is 1. The molecule has 3 amide bonds. The summed E-state index contributed by atoms with van der Waals surface area (Å²) in [6.45, 7) is 4.15. The number of imide groups is 1. The number of amides is 3. The van der Waals surface area contributed by atoms with Crippen LogP contribution in [0.5, 0.6) is 0 Å². The van der Waals surface area contributed by atoms with Crippen LogP contribution in [0.1, 0.15) is 32.3 Å². The van der Waals surface area contributed by atoms with Gasteiger partial charge < -0.3 is 5.32 Å². The molecule has 0 radical (unpaired) electrons. The van der Waals surface area contributed by atoms with Crippen molar-refractivity contribution in [3.05, 3.63) is 42.0 Å². The summed E-state index contributed by atoms with van der Waals surface area (Å²) in [5.41, 5.74) is 0.342. The maximum absolute atomic E-state index is 12.4. The molecule has 20 heavy (non-hydrogen) atoms. The van der Waals surface area contributed by atoms with Crippen molar-refractivity contribution in [2.45, 2.75) is 32.2 Å². The lowest BCUT2D eigenvalue weighted by Crippen LogP contribution is -2.45. The average molecular weight is 272 g/mol. The van der Waals surface area contributed by atoms with Crippen molar-refractivity contribution in [2.75, 3.05) is 6.54 Å². The Hall–Kier alpha value is -2.10. The topological polar surface area (TPSA) is 49.4 Å². The molecule has 4 heteroatoms. The first kappa shape index (κ1) is 14.3. The second kappa shape index (κ2) is 5.90. The molecule has 1 aromatic carbocycles. The molecule has 1 aliphatic rings. The van der Waals surface area contributed by atoms with Gasteiger partial charge in [0.25, 0.3) is 5.91 Å². The molecule has 0 spiro atoms. The summed E-state index contributed by atoms with van der Waals surface area (Å²) in [4.78, 5) is 25.6. The number of hydrogen-bond donors (Lipinski definition) is 1. The van der Waals surface area contributed by atoms with Gasteiger partial charge in [0.05, 0.1) is 0 Å². The Bertz CT molecular complexity index is 519. The molecule has 0 bridgehead atoms. The predicted molar refractivity (Wildman–Crippen MR) is 79.0 cm³/mol. The Morgan fingerprint density at radius 2 is 1.80 bits per heavy atom. The van der Waals surface area contributed by atoms with Crippen molar-refractivity contribution < 1.29 is 9.59 Å². The zero-order valence-corrected chi connectivity index (χ0v) is 11.9. The fourth-order valence-corrected chi connectivity index (χ4v) is 2.43. The highest BCUT2D eigenvalue weighted by Gasteiger charge is 2.48. The van der Waals surface area contributed by atoms with Crippen LogP contribution in [0.4, 0.5) is 4.79 Å². The summed E-state index contributed by atoms with van der Waals surface area (Å²) in [6, 6.07) is 9.51. The van der Waals surface area contributed by atoms with Gasteiger partial charge in [-0.1, -0.05) is 56.3 Å². The zero-order chi connectivity index (χ0) is 14.6. The monoisotopic (exact) mass is 272 g/mol. The van der Waals surface area contributed by atoms with Crippen LogP contribution in [-0.2, 0) is 4.79 Å². The Morgan fingerprint density at radius 1 is 1.15 bits per heavy atom. The number of benzene rings is 1. The normalized spacial score (nSPS) is 17.8. The number of carbonyl (C=O) groups is 2. The van der Waals surface area contributed by atoms with Gasteiger partial charge in [-0.3, -0.25) is 9.69 Å². The van der Waals surface area contributed by atoms with Crippen molar-refractivity contribution >= 4 is 18.0 Å². The van der Waals surface area contributed by atoms with E-state index in [-0.39, 0.29) is 11.9 Å². The van der Waals surface area contributed by atoms with Crippen molar-refractivity contribution in [2.24, 2.45) is 0 Å². The summed E-state index contributed by atoms with van der Waals surface area (Å²) in [5.74, 6) is -0.120. The van der Waals surface area contributed by atoms with Crippen molar-refractivity contribution in [3.63, 3.8) is 0 Å². The van der Waals surface area contributed by atoms with Crippen LogP contribution in [0, 0.1) is 0 Å². The van der Waals surface area contributed by atoms with Gasteiger partial charge in [-0.05, 0) is 18.4 Å². The molecule has 0 atom stereocenters. The van der Waals surface area contributed by atoms with E-state index in [1.165, 1.54) is 4.90 Å². The standard InChI is InChI=1S/C16H20N2O2/c1-3-16(4-2)14(19)18(15(20)17-16)12-8-11-13-9-6-5-7-10-13/h5-11H,3-4,12H2,1-2H3,(H,17,20)/b11-8+. The molecule has 0 aliphatic carbocycles. The number of nitrogens with one attached hydrogen (secondary N) is 1. The molecular formula is C16H20N2O2. The van der Waals surface area contributed by atoms with E-state index in [1.807, 2.05) is 56.3 Å². The maximum Gasteiger partial charge on any atom is 0.325 e. The third-order valence-corrected chi connectivity index (χ3v) is 3.85. The fraction of sp³-hybridized carbons (Fsp3) is 0.375. The quantitative estimate of drug-likeness (QED) is 0.838. The Kier molecular flexibility index (Phi) is 4.23. The molecule has 1 aromatic rings. The van der Waals surface area contributed by atoms with Crippen LogP contribution < -0.4 is 5.32 Å². The minimum Gasteiger partial charge on any atom is -0.323 e. The minimum absolute atomic E-state index is 0.120. The largest absolute Gasteiger partial charge is 0.325 e. The van der Waals surface area contributed by atoms with Gasteiger partial charge in [0.15, 0.2) is 0 Å². The lowest BCUT2D eigenvalue weighted by Gasteiger charge is -2.22. The number of carbonyl (C=O) groups excluding carboxylic acids is 2. The molecule has 1 fully saturated rings. The molecule has 0 aromatic heterocycles. The van der Waals surface area contributed by atoms with E-state index in [4.69, 9.17) is 0 Å². The van der Waals surface area contributed by atoms with Gasteiger partial charge in [-0.15, -0.1) is 0 Å². The van der Waals surface area contributed by atoms with Crippen molar-refractivity contribution in [3.8, 4) is 0 Å². The van der Waals surface area contributed by atoms with E-state index < -0.39 is 5.54 Å². The average Bonchev–Trinajstić information content (AvgIpc) is 2.73. The Balaban J connectivity index is 2.05. The molecule has 1 aliphatic heterocycles. The smallest absolute Gasteiger partial charge is 0.323 e. The van der Waals surface area contributed by atoms with E-state index in [0.717, 1.165) is 5.56 Å². The number of urea groups is 1. The van der Waals surface area contributed by atoms with Gasteiger partial charge in [0.1, 0.15) is 5.54 Å². The number of hydrogen-bond acceptors (Lipinski definition) is 2. The summed E-state index contributed by atoms with van der Waals surface area (Å²) in [5, 5.41) is 2.82. The molecule has 0 saturated carbocycles. The Labute approximate surface area is 119 Å². The van der Waals surface area contributed by atoms with Crippen molar-refractivity contribution in [1.82, 2.24) is 10.2 Å². The third-order valence-electron chi connectivity index (χ3n) is 3.85. The van der Waals surface area contributed by atoms with Gasteiger partial charge in [-0.25, -0.2) is 4.79 Å². The van der Waals surface area contributed by atoms with E-state index >= 15 is 0 Å². The first-order chi connectivity index (χ1) is 9.63. The Morgan fingerprint density at radius 3 is 2.35 bits per heavy atom. The van der Waals surface area contributed by atoms with E-state index in [0.29, 0.717) is 19.4 Å². The van der Waals surface area contributed by atoms with Gasteiger partial charge in [-0.2, -0.15) is 0 Å². The van der Waals surface area contributed by atoms with Gasteiger partial charge >= 0.3 is 6.03 Å². The van der Waals surface area contributed by atoms with Gasteiger partial charge in [0, 0.05) is 6.54 Å². The van der Waals surface area contributed by atoms with Crippen molar-refractivity contribution in [1.29, 1.82) is 0 Å². The number of rotatable bonds is 5. The highest BCUT2D eigenvalue weighted by Crippen LogP contribution is 2.24. The highest BCUT2D eigenvalue weighted by atomic mass is 16.2. The molecule has 106 valence electrons. The minimum atomic E-state index is -0.711. The highest BCUT2D eigenvalue weighted by molar-refractivity contribution is 6.07. The van der Waals surface area contributed by atoms with E-state index in [9.17, 15) is 9.59 Å². The van der Waals surface area contributed by atoms with Crippen LogP contribution in [0.15, 0.2) is 36.4 Å². The van der Waals surface area contributed by atoms with Crippen LogP contribution in [-0.4, -0.2) is 28.9 Å². The SMILES string of the molecule is CCC1(CC)NC(=O)N(C/C=C/c2ccccc2)C1=O. The second-order valence-corrected chi connectivity index (χ2v) is 4.95. The van der Waals surface area contributed by atoms with Crippen LogP contribution in [0.3, 0.4) is 0 Å². The fourth-order valence-electron chi connectivity index (χ4n) is 2.43. The molecule has 0 unspecified atom stereocenters. The summed E-state index contributed by atoms with van der Waals surface area (Å²) in [6.07, 6.45) is 4.99. The summed E-state index contributed by atoms with van der Waals surface area (Å²) >= 11 is 0. The van der Waals surface area contributed by atoms with E-state index in [1.54, 1.807) is 0 Å². The molecule has 4 nitrogen and oxygen atoms in total. The first-order valence-electron chi connectivity index (χ1n) is 6.98. The summed E-state index contributed by atoms with van der Waals surface area (Å²) in [7, 11) is 0.